The fourth-order valence-electron chi connectivity index (χ4n) is 2.98. The molecule has 2 aromatic carbocycles. The number of fused-ring (bicyclic) bond motifs is 1. The smallest absolute Gasteiger partial charge is 0.101 e. The van der Waals surface area contributed by atoms with Crippen LogP contribution in [0.1, 0.15) is 28.7 Å². The lowest BCUT2D eigenvalue weighted by Crippen LogP contribution is -2.23. The molecule has 2 aromatic rings. The highest BCUT2D eigenvalue weighted by atomic mass is 15.1. The molecule has 1 aliphatic rings. The molecular weight excluding hydrogens is 258 g/mol. The van der Waals surface area contributed by atoms with Crippen LogP contribution in [0.25, 0.3) is 0 Å². The van der Waals surface area contributed by atoms with E-state index in [0.717, 1.165) is 42.7 Å². The number of hydrogen-bond donors (Lipinski definition) is 1. The van der Waals surface area contributed by atoms with Gasteiger partial charge < -0.3 is 10.6 Å². The predicted octanol–water partition coefficient (Wildman–Crippen LogP) is 2.97. The van der Waals surface area contributed by atoms with Crippen LogP contribution in [-0.4, -0.2) is 6.54 Å². The molecule has 1 aliphatic heterocycles. The number of nitrogens with zero attached hydrogens (tertiary/aromatic N) is 2. The summed E-state index contributed by atoms with van der Waals surface area (Å²) in [7, 11) is 0. The van der Waals surface area contributed by atoms with Crippen molar-refractivity contribution < 1.29 is 0 Å². The summed E-state index contributed by atoms with van der Waals surface area (Å²) >= 11 is 0. The third-order valence-corrected chi connectivity index (χ3v) is 4.11. The highest BCUT2D eigenvalue weighted by Gasteiger charge is 2.17. The van der Waals surface area contributed by atoms with Crippen molar-refractivity contribution in [1.29, 1.82) is 5.26 Å². The molecule has 2 N–H and O–H groups in total. The third kappa shape index (κ3) is 2.76. The third-order valence-electron chi connectivity index (χ3n) is 4.11. The van der Waals surface area contributed by atoms with Crippen LogP contribution in [0.15, 0.2) is 42.5 Å². The van der Waals surface area contributed by atoms with E-state index < -0.39 is 0 Å². The molecule has 0 atom stereocenters. The molecule has 0 radical (unpaired) electrons. The molecule has 0 bridgehead atoms. The van der Waals surface area contributed by atoms with Gasteiger partial charge in [0.2, 0.25) is 0 Å². The van der Waals surface area contributed by atoms with Gasteiger partial charge >= 0.3 is 0 Å². The summed E-state index contributed by atoms with van der Waals surface area (Å²) in [5.74, 6) is 0. The minimum Gasteiger partial charge on any atom is -0.366 e. The molecule has 0 amide bonds. The molecule has 3 heteroatoms. The number of anilines is 1. The van der Waals surface area contributed by atoms with E-state index in [9.17, 15) is 5.26 Å². The number of nitriles is 1. The van der Waals surface area contributed by atoms with Crippen LogP contribution in [0.3, 0.4) is 0 Å². The first kappa shape index (κ1) is 13.7. The first-order valence-corrected chi connectivity index (χ1v) is 7.36. The maximum Gasteiger partial charge on any atom is 0.101 e. The van der Waals surface area contributed by atoms with Gasteiger partial charge in [0.05, 0.1) is 11.3 Å². The van der Waals surface area contributed by atoms with Crippen molar-refractivity contribution in [2.75, 3.05) is 11.4 Å². The summed E-state index contributed by atoms with van der Waals surface area (Å²) in [5.41, 5.74) is 11.2. The molecule has 0 saturated carbocycles. The fraction of sp³-hybridized carbons (Fsp3) is 0.278. The Balaban J connectivity index is 1.96. The van der Waals surface area contributed by atoms with Crippen LogP contribution in [0.5, 0.6) is 0 Å². The second kappa shape index (κ2) is 5.99. The summed E-state index contributed by atoms with van der Waals surface area (Å²) < 4.78 is 0. The van der Waals surface area contributed by atoms with Gasteiger partial charge in [-0.2, -0.15) is 5.26 Å². The van der Waals surface area contributed by atoms with Gasteiger partial charge in [0.15, 0.2) is 0 Å². The summed E-state index contributed by atoms with van der Waals surface area (Å²) in [6, 6.07) is 16.9. The standard InChI is InChI=1S/C18H19N3/c19-11-14-7-8-18(17(10-14)12-20)21-9-3-6-15-4-1-2-5-16(15)13-21/h1-2,4-5,7-8,10H,3,6,9,11,13,19H2. The van der Waals surface area contributed by atoms with Crippen LogP contribution < -0.4 is 10.6 Å². The molecule has 0 fully saturated rings. The van der Waals surface area contributed by atoms with Crippen molar-refractivity contribution in [2.45, 2.75) is 25.9 Å². The zero-order chi connectivity index (χ0) is 14.7. The van der Waals surface area contributed by atoms with Crippen molar-refractivity contribution >= 4 is 5.69 Å². The number of rotatable bonds is 2. The Morgan fingerprint density at radius 3 is 2.71 bits per heavy atom. The van der Waals surface area contributed by atoms with E-state index in [4.69, 9.17) is 5.73 Å². The van der Waals surface area contributed by atoms with Gasteiger partial charge in [-0.3, -0.25) is 0 Å². The molecule has 0 aliphatic carbocycles. The highest BCUT2D eigenvalue weighted by Crippen LogP contribution is 2.27. The largest absolute Gasteiger partial charge is 0.366 e. The zero-order valence-electron chi connectivity index (χ0n) is 12.0. The lowest BCUT2D eigenvalue weighted by Gasteiger charge is -2.24. The van der Waals surface area contributed by atoms with E-state index in [1.807, 2.05) is 18.2 Å². The Bertz CT molecular complexity index is 685. The first-order chi connectivity index (χ1) is 10.3. The summed E-state index contributed by atoms with van der Waals surface area (Å²) in [4.78, 5) is 2.31. The van der Waals surface area contributed by atoms with E-state index in [1.54, 1.807) is 0 Å². The minimum atomic E-state index is 0.470. The van der Waals surface area contributed by atoms with Crippen molar-refractivity contribution in [3.8, 4) is 6.07 Å². The van der Waals surface area contributed by atoms with Gasteiger partial charge in [0.25, 0.3) is 0 Å². The molecule has 21 heavy (non-hydrogen) atoms. The van der Waals surface area contributed by atoms with Gasteiger partial charge in [0, 0.05) is 19.6 Å². The number of aryl methyl sites for hydroxylation is 1. The van der Waals surface area contributed by atoms with Gasteiger partial charge in [-0.25, -0.2) is 0 Å². The van der Waals surface area contributed by atoms with Crippen LogP contribution in [0, 0.1) is 11.3 Å². The number of benzene rings is 2. The maximum atomic E-state index is 9.42. The highest BCUT2D eigenvalue weighted by molar-refractivity contribution is 5.61. The topological polar surface area (TPSA) is 53.1 Å². The monoisotopic (exact) mass is 277 g/mol. The van der Waals surface area contributed by atoms with Gasteiger partial charge in [-0.15, -0.1) is 0 Å². The molecule has 0 unspecified atom stereocenters. The molecule has 106 valence electrons. The van der Waals surface area contributed by atoms with Gasteiger partial charge in [0.1, 0.15) is 6.07 Å². The van der Waals surface area contributed by atoms with Crippen molar-refractivity contribution in [3.63, 3.8) is 0 Å². The maximum absolute atomic E-state index is 9.42. The van der Waals surface area contributed by atoms with Gasteiger partial charge in [-0.05, 0) is 41.7 Å². The van der Waals surface area contributed by atoms with E-state index in [-0.39, 0.29) is 0 Å². The SMILES string of the molecule is N#Cc1cc(CN)ccc1N1CCCc2ccccc2C1. The Hall–Kier alpha value is -2.31. The molecule has 0 spiro atoms. The lowest BCUT2D eigenvalue weighted by atomic mass is 10.0. The zero-order valence-corrected chi connectivity index (χ0v) is 12.0. The van der Waals surface area contributed by atoms with Crippen LogP contribution >= 0.6 is 0 Å². The predicted molar refractivity (Wildman–Crippen MR) is 84.9 cm³/mol. The first-order valence-electron chi connectivity index (χ1n) is 7.36. The molecular formula is C18H19N3. The van der Waals surface area contributed by atoms with E-state index >= 15 is 0 Å². The summed E-state index contributed by atoms with van der Waals surface area (Å²) in [6.07, 6.45) is 2.22. The quantitative estimate of drug-likeness (QED) is 0.918. The van der Waals surface area contributed by atoms with Crippen LogP contribution in [-0.2, 0) is 19.5 Å². The van der Waals surface area contributed by atoms with E-state index in [1.165, 1.54) is 11.1 Å². The summed E-state index contributed by atoms with van der Waals surface area (Å²) in [5, 5.41) is 9.42. The lowest BCUT2D eigenvalue weighted by molar-refractivity contribution is 0.764. The second-order valence-electron chi connectivity index (χ2n) is 5.46. The Labute approximate surface area is 125 Å². The van der Waals surface area contributed by atoms with E-state index in [2.05, 4.69) is 35.2 Å². The Kier molecular flexibility index (Phi) is 3.89. The summed E-state index contributed by atoms with van der Waals surface area (Å²) in [6.45, 7) is 2.32. The molecule has 1 heterocycles. The van der Waals surface area contributed by atoms with Crippen molar-refractivity contribution in [2.24, 2.45) is 5.73 Å². The molecule has 0 aromatic heterocycles. The van der Waals surface area contributed by atoms with E-state index in [0.29, 0.717) is 6.54 Å². The Morgan fingerprint density at radius 1 is 1.14 bits per heavy atom. The normalized spacial score (nSPS) is 14.2. The fourth-order valence-corrected chi connectivity index (χ4v) is 2.98. The average Bonchev–Trinajstić information content (AvgIpc) is 2.76. The Morgan fingerprint density at radius 2 is 1.95 bits per heavy atom. The van der Waals surface area contributed by atoms with Crippen LogP contribution in [0.2, 0.25) is 0 Å². The van der Waals surface area contributed by atoms with Crippen LogP contribution in [0.4, 0.5) is 5.69 Å². The van der Waals surface area contributed by atoms with Crippen molar-refractivity contribution in [3.05, 3.63) is 64.7 Å². The van der Waals surface area contributed by atoms with Gasteiger partial charge in [-0.1, -0.05) is 30.3 Å². The molecule has 0 saturated heterocycles. The van der Waals surface area contributed by atoms with Crippen molar-refractivity contribution in [1.82, 2.24) is 0 Å². The molecule has 3 rings (SSSR count). The minimum absolute atomic E-state index is 0.470. The molecule has 3 nitrogen and oxygen atoms in total. The second-order valence-corrected chi connectivity index (χ2v) is 5.46. The number of hydrogen-bond acceptors (Lipinski definition) is 3. The average molecular weight is 277 g/mol. The number of nitrogens with two attached hydrogens (primary N) is 1.